The molecule has 0 bridgehead atoms. The van der Waals surface area contributed by atoms with Crippen LogP contribution in [0, 0.1) is 0 Å². The van der Waals surface area contributed by atoms with Crippen LogP contribution in [0.25, 0.3) is 0 Å². The van der Waals surface area contributed by atoms with Crippen molar-refractivity contribution in [1.82, 2.24) is 0 Å². The number of hydrogen-bond donors (Lipinski definition) is 1. The highest BCUT2D eigenvalue weighted by Crippen LogP contribution is 2.10. The Bertz CT molecular complexity index is 320. The highest BCUT2D eigenvalue weighted by Gasteiger charge is 2.07. The molecule has 0 atom stereocenters. The summed E-state index contributed by atoms with van der Waals surface area (Å²) in [5.74, 6) is -0.294. The molecule has 0 aliphatic heterocycles. The third kappa shape index (κ3) is 2.12. The number of nitrogens with two attached hydrogens (primary N) is 1. The number of thiocarbonyl (C=S) groups is 1. The second-order valence-corrected chi connectivity index (χ2v) is 3.56. The number of rotatable bonds is 2. The van der Waals surface area contributed by atoms with Crippen molar-refractivity contribution in [3.05, 3.63) is 34.3 Å². The molecule has 2 nitrogen and oxygen atoms in total. The zero-order chi connectivity index (χ0) is 9.14. The van der Waals surface area contributed by atoms with Crippen LogP contribution in [0.4, 0.5) is 0 Å². The van der Waals surface area contributed by atoms with E-state index < -0.39 is 0 Å². The SMILES string of the molecule is NC(=S)C(=O)c1ccc(Br)cc1. The van der Waals surface area contributed by atoms with Crippen LogP contribution in [0.2, 0.25) is 0 Å². The second kappa shape index (κ2) is 3.78. The molecule has 0 aliphatic rings. The van der Waals surface area contributed by atoms with Gasteiger partial charge in [-0.2, -0.15) is 0 Å². The number of carbonyl (C=O) groups excluding carboxylic acids is 1. The summed E-state index contributed by atoms with van der Waals surface area (Å²) in [5, 5.41) is 0. The predicted molar refractivity (Wildman–Crippen MR) is 55.3 cm³/mol. The van der Waals surface area contributed by atoms with Gasteiger partial charge >= 0.3 is 0 Å². The Labute approximate surface area is 83.9 Å². The number of benzene rings is 1. The first kappa shape index (κ1) is 9.35. The first-order chi connectivity index (χ1) is 5.61. The van der Waals surface area contributed by atoms with Crippen LogP contribution in [0.15, 0.2) is 28.7 Å². The second-order valence-electron chi connectivity index (χ2n) is 2.20. The van der Waals surface area contributed by atoms with Crippen molar-refractivity contribution in [2.75, 3.05) is 0 Å². The average Bonchev–Trinajstić information content (AvgIpc) is 2.04. The van der Waals surface area contributed by atoms with E-state index in [-0.39, 0.29) is 10.8 Å². The van der Waals surface area contributed by atoms with Crippen LogP contribution < -0.4 is 5.73 Å². The molecule has 0 unspecified atom stereocenters. The summed E-state index contributed by atoms with van der Waals surface area (Å²) >= 11 is 7.81. The molecule has 0 spiro atoms. The van der Waals surface area contributed by atoms with Gasteiger partial charge in [-0.1, -0.05) is 28.1 Å². The molecule has 0 aliphatic carbocycles. The number of ketones is 1. The van der Waals surface area contributed by atoms with Crippen LogP contribution in [0.1, 0.15) is 10.4 Å². The van der Waals surface area contributed by atoms with Crippen molar-refractivity contribution in [3.63, 3.8) is 0 Å². The Morgan fingerprint density at radius 3 is 2.25 bits per heavy atom. The van der Waals surface area contributed by atoms with Gasteiger partial charge in [-0.25, -0.2) is 0 Å². The van der Waals surface area contributed by atoms with Crippen molar-refractivity contribution in [3.8, 4) is 0 Å². The van der Waals surface area contributed by atoms with E-state index in [9.17, 15) is 4.79 Å². The molecule has 0 fully saturated rings. The van der Waals surface area contributed by atoms with Gasteiger partial charge in [0.25, 0.3) is 0 Å². The molecule has 1 aromatic rings. The monoisotopic (exact) mass is 243 g/mol. The Hall–Kier alpha value is -0.740. The van der Waals surface area contributed by atoms with Crippen molar-refractivity contribution < 1.29 is 4.79 Å². The van der Waals surface area contributed by atoms with Gasteiger partial charge in [-0.3, -0.25) is 4.79 Å². The average molecular weight is 244 g/mol. The lowest BCUT2D eigenvalue weighted by atomic mass is 10.1. The van der Waals surface area contributed by atoms with E-state index in [1.54, 1.807) is 24.3 Å². The van der Waals surface area contributed by atoms with Crippen LogP contribution in [-0.4, -0.2) is 10.8 Å². The molecule has 0 radical (unpaired) electrons. The Kier molecular flexibility index (Phi) is 2.94. The molecule has 0 saturated carbocycles. The van der Waals surface area contributed by atoms with Gasteiger partial charge in [0.15, 0.2) is 0 Å². The molecule has 62 valence electrons. The van der Waals surface area contributed by atoms with Gasteiger partial charge in [0, 0.05) is 10.0 Å². The number of hydrogen-bond acceptors (Lipinski definition) is 2. The van der Waals surface area contributed by atoms with E-state index in [0.29, 0.717) is 5.56 Å². The summed E-state index contributed by atoms with van der Waals surface area (Å²) in [6.45, 7) is 0. The lowest BCUT2D eigenvalue weighted by Gasteiger charge is -1.97. The predicted octanol–water partition coefficient (Wildman–Crippen LogP) is 1.92. The molecule has 0 saturated heterocycles. The van der Waals surface area contributed by atoms with Crippen LogP contribution >= 0.6 is 28.1 Å². The topological polar surface area (TPSA) is 43.1 Å². The minimum atomic E-state index is -0.294. The first-order valence-corrected chi connectivity index (χ1v) is 4.41. The molecular formula is C8H6BrNOS. The molecule has 2 N–H and O–H groups in total. The lowest BCUT2D eigenvalue weighted by molar-refractivity contribution is 0.106. The minimum Gasteiger partial charge on any atom is -0.387 e. The highest BCUT2D eigenvalue weighted by molar-refractivity contribution is 9.10. The van der Waals surface area contributed by atoms with Gasteiger partial charge < -0.3 is 5.73 Å². The van der Waals surface area contributed by atoms with E-state index in [4.69, 9.17) is 5.73 Å². The zero-order valence-electron chi connectivity index (χ0n) is 6.08. The molecule has 12 heavy (non-hydrogen) atoms. The summed E-state index contributed by atoms with van der Waals surface area (Å²) < 4.78 is 0.919. The van der Waals surface area contributed by atoms with E-state index in [2.05, 4.69) is 28.1 Å². The minimum absolute atomic E-state index is 0.0997. The van der Waals surface area contributed by atoms with E-state index in [1.165, 1.54) is 0 Å². The molecule has 0 amide bonds. The van der Waals surface area contributed by atoms with Crippen molar-refractivity contribution >= 4 is 38.9 Å². The van der Waals surface area contributed by atoms with E-state index in [0.717, 1.165) is 4.47 Å². The first-order valence-electron chi connectivity index (χ1n) is 3.21. The molecule has 0 heterocycles. The maximum atomic E-state index is 11.2. The maximum Gasteiger partial charge on any atom is 0.219 e. The summed E-state index contributed by atoms with van der Waals surface area (Å²) in [7, 11) is 0. The summed E-state index contributed by atoms with van der Waals surface area (Å²) in [6.07, 6.45) is 0. The fourth-order valence-corrected chi connectivity index (χ4v) is 1.13. The third-order valence-corrected chi connectivity index (χ3v) is 2.04. The normalized spacial score (nSPS) is 9.42. The summed E-state index contributed by atoms with van der Waals surface area (Å²) in [4.78, 5) is 11.1. The van der Waals surface area contributed by atoms with Gasteiger partial charge in [-0.05, 0) is 24.3 Å². The lowest BCUT2D eigenvalue weighted by Crippen LogP contribution is -2.20. The van der Waals surface area contributed by atoms with Gasteiger partial charge in [-0.15, -0.1) is 0 Å². The van der Waals surface area contributed by atoms with Gasteiger partial charge in [0.2, 0.25) is 5.78 Å². The van der Waals surface area contributed by atoms with Crippen LogP contribution in [0.5, 0.6) is 0 Å². The van der Waals surface area contributed by atoms with E-state index in [1.807, 2.05) is 0 Å². The Morgan fingerprint density at radius 1 is 1.33 bits per heavy atom. The Balaban J connectivity index is 2.98. The fourth-order valence-electron chi connectivity index (χ4n) is 0.744. The van der Waals surface area contributed by atoms with Crippen molar-refractivity contribution in [2.24, 2.45) is 5.73 Å². The van der Waals surface area contributed by atoms with Gasteiger partial charge in [0.05, 0.1) is 0 Å². The highest BCUT2D eigenvalue weighted by atomic mass is 79.9. The molecule has 0 aromatic heterocycles. The van der Waals surface area contributed by atoms with Crippen LogP contribution in [-0.2, 0) is 0 Å². The van der Waals surface area contributed by atoms with Gasteiger partial charge in [0.1, 0.15) is 4.99 Å². The Morgan fingerprint density at radius 2 is 1.83 bits per heavy atom. The quantitative estimate of drug-likeness (QED) is 0.638. The summed E-state index contributed by atoms with van der Waals surface area (Å²) in [5.41, 5.74) is 5.70. The molecule has 1 rings (SSSR count). The third-order valence-electron chi connectivity index (χ3n) is 1.33. The number of carbonyl (C=O) groups is 1. The number of halogens is 1. The largest absolute Gasteiger partial charge is 0.387 e. The molecular weight excluding hydrogens is 238 g/mol. The molecule has 1 aromatic carbocycles. The maximum absolute atomic E-state index is 11.2. The fraction of sp³-hybridized carbons (Fsp3) is 0. The number of Topliss-reactive ketones (excluding diaryl/α,β-unsaturated/α-hetero) is 1. The summed E-state index contributed by atoms with van der Waals surface area (Å²) in [6, 6.07) is 6.88. The smallest absolute Gasteiger partial charge is 0.219 e. The standard InChI is InChI=1S/C8H6BrNOS/c9-6-3-1-5(2-4-6)7(11)8(10)12/h1-4H,(H2,10,12). The molecule has 4 heteroatoms. The van der Waals surface area contributed by atoms with E-state index >= 15 is 0 Å². The van der Waals surface area contributed by atoms with Crippen molar-refractivity contribution in [2.45, 2.75) is 0 Å². The zero-order valence-corrected chi connectivity index (χ0v) is 8.48. The van der Waals surface area contributed by atoms with Crippen LogP contribution in [0.3, 0.4) is 0 Å². The van der Waals surface area contributed by atoms with Crippen molar-refractivity contribution in [1.29, 1.82) is 0 Å².